The van der Waals surface area contributed by atoms with Gasteiger partial charge in [-0.25, -0.2) is 0 Å². The highest BCUT2D eigenvalue weighted by Crippen LogP contribution is 2.24. The summed E-state index contributed by atoms with van der Waals surface area (Å²) < 4.78 is 2.31. The minimum absolute atomic E-state index is 0. The first-order chi connectivity index (χ1) is 14.4. The number of rotatable bonds is 5. The van der Waals surface area contributed by atoms with Crippen LogP contribution in [0.5, 0.6) is 0 Å². The molecule has 0 atom stereocenters. The van der Waals surface area contributed by atoms with Crippen LogP contribution in [0.2, 0.25) is 0 Å². The summed E-state index contributed by atoms with van der Waals surface area (Å²) in [5.74, 6) is 0. The van der Waals surface area contributed by atoms with Gasteiger partial charge < -0.3 is 4.57 Å². The van der Waals surface area contributed by atoms with Crippen molar-refractivity contribution in [2.24, 2.45) is 5.10 Å². The third kappa shape index (κ3) is 3.93. The first-order valence-electron chi connectivity index (χ1n) is 9.77. The summed E-state index contributed by atoms with van der Waals surface area (Å²) in [6.07, 6.45) is 4.08. The largest absolute Gasteiger partial charge is 0.342 e. The number of benzene rings is 4. The predicted molar refractivity (Wildman–Crippen MR) is 130 cm³/mol. The molecule has 0 aliphatic heterocycles. The summed E-state index contributed by atoms with van der Waals surface area (Å²) in [6.45, 7) is 0.821. The summed E-state index contributed by atoms with van der Waals surface area (Å²) in [5.41, 5.74) is 7.70. The summed E-state index contributed by atoms with van der Waals surface area (Å²) in [4.78, 5) is 0. The molecule has 0 unspecified atom stereocenters. The lowest BCUT2D eigenvalue weighted by atomic mass is 10.0. The third-order valence-corrected chi connectivity index (χ3v) is 5.21. The van der Waals surface area contributed by atoms with Gasteiger partial charge in [0.2, 0.25) is 0 Å². The topological polar surface area (TPSA) is 29.3 Å². The van der Waals surface area contributed by atoms with E-state index in [9.17, 15) is 0 Å². The van der Waals surface area contributed by atoms with Crippen LogP contribution in [0.4, 0.5) is 5.69 Å². The number of aromatic nitrogens is 1. The van der Waals surface area contributed by atoms with Gasteiger partial charge in [0.15, 0.2) is 0 Å². The molecule has 30 heavy (non-hydrogen) atoms. The number of nitrogens with zero attached hydrogens (tertiary/aromatic N) is 2. The van der Waals surface area contributed by atoms with E-state index >= 15 is 0 Å². The van der Waals surface area contributed by atoms with Gasteiger partial charge in [0.25, 0.3) is 0 Å². The molecule has 0 aliphatic rings. The monoisotopic (exact) mass is 411 g/mol. The smallest absolute Gasteiger partial charge is 0.0566 e. The minimum atomic E-state index is 0. The maximum atomic E-state index is 4.44. The van der Waals surface area contributed by atoms with Crippen LogP contribution < -0.4 is 5.43 Å². The predicted octanol–water partition coefficient (Wildman–Crippen LogP) is 6.71. The van der Waals surface area contributed by atoms with Gasteiger partial charge in [-0.3, -0.25) is 5.43 Å². The number of para-hydroxylation sites is 2. The Kier molecular flexibility index (Phi) is 5.82. The first kappa shape index (κ1) is 19.7. The Morgan fingerprint density at radius 1 is 0.733 bits per heavy atom. The van der Waals surface area contributed by atoms with E-state index in [1.54, 1.807) is 0 Å². The lowest BCUT2D eigenvalue weighted by Crippen LogP contribution is -1.98. The average molecular weight is 412 g/mol. The zero-order valence-electron chi connectivity index (χ0n) is 16.4. The lowest BCUT2D eigenvalue weighted by molar-refractivity contribution is 0.842. The van der Waals surface area contributed by atoms with Crippen LogP contribution in [-0.2, 0) is 6.54 Å². The Bertz CT molecular complexity index is 1300. The Hall–Kier alpha value is -3.56. The summed E-state index contributed by atoms with van der Waals surface area (Å²) in [7, 11) is 0. The fraction of sp³-hybridized carbons (Fsp3) is 0.0385. The van der Waals surface area contributed by atoms with Crippen LogP contribution in [0.15, 0.2) is 108 Å². The van der Waals surface area contributed by atoms with Crippen molar-refractivity contribution in [3.05, 3.63) is 114 Å². The molecule has 0 saturated carbocycles. The van der Waals surface area contributed by atoms with Crippen molar-refractivity contribution in [2.45, 2.75) is 6.54 Å². The van der Waals surface area contributed by atoms with Crippen LogP contribution in [0, 0.1) is 0 Å². The molecule has 5 rings (SSSR count). The summed E-state index contributed by atoms with van der Waals surface area (Å²) >= 11 is 0. The maximum Gasteiger partial charge on any atom is 0.0566 e. The number of nitrogens with one attached hydrogen (secondary N) is 1. The third-order valence-electron chi connectivity index (χ3n) is 5.21. The van der Waals surface area contributed by atoms with Crippen molar-refractivity contribution in [3.8, 4) is 0 Å². The Morgan fingerprint density at radius 2 is 1.43 bits per heavy atom. The molecule has 0 radical (unpaired) electrons. The molecule has 3 nitrogen and oxygen atoms in total. The van der Waals surface area contributed by atoms with Gasteiger partial charge in [-0.05, 0) is 34.5 Å². The Morgan fingerprint density at radius 3 is 2.30 bits per heavy atom. The second kappa shape index (κ2) is 8.85. The molecule has 0 amide bonds. The highest BCUT2D eigenvalue weighted by molar-refractivity contribution is 5.99. The SMILES string of the molecule is C(=NNc1ccccc1)c1cn(Cc2cccc3ccccc23)c2ccccc12.Cl. The molecular formula is C26H22ClN3. The van der Waals surface area contributed by atoms with Crippen molar-refractivity contribution in [2.75, 3.05) is 5.43 Å². The van der Waals surface area contributed by atoms with Crippen molar-refractivity contribution < 1.29 is 0 Å². The van der Waals surface area contributed by atoms with Crippen molar-refractivity contribution >= 4 is 46.0 Å². The quantitative estimate of drug-likeness (QED) is 0.252. The van der Waals surface area contributed by atoms with E-state index in [4.69, 9.17) is 0 Å². The number of fused-ring (bicyclic) bond motifs is 2. The van der Waals surface area contributed by atoms with E-state index < -0.39 is 0 Å². The van der Waals surface area contributed by atoms with Gasteiger partial charge in [-0.15, -0.1) is 12.4 Å². The van der Waals surface area contributed by atoms with Crippen LogP contribution >= 0.6 is 12.4 Å². The fourth-order valence-electron chi connectivity index (χ4n) is 3.81. The van der Waals surface area contributed by atoms with Crippen molar-refractivity contribution in [1.29, 1.82) is 0 Å². The van der Waals surface area contributed by atoms with Crippen LogP contribution in [-0.4, -0.2) is 10.8 Å². The highest BCUT2D eigenvalue weighted by Gasteiger charge is 2.08. The van der Waals surface area contributed by atoms with E-state index in [1.807, 2.05) is 36.5 Å². The number of halogens is 1. The van der Waals surface area contributed by atoms with Gasteiger partial charge in [-0.2, -0.15) is 5.10 Å². The molecule has 0 saturated heterocycles. The average Bonchev–Trinajstić information content (AvgIpc) is 3.12. The normalized spacial score (nSPS) is 11.1. The number of hydrazone groups is 1. The zero-order chi connectivity index (χ0) is 19.5. The molecule has 0 aliphatic carbocycles. The molecule has 0 fully saturated rings. The molecular weight excluding hydrogens is 390 g/mol. The molecule has 5 aromatic rings. The summed E-state index contributed by atoms with van der Waals surface area (Å²) in [6, 6.07) is 33.5. The lowest BCUT2D eigenvalue weighted by Gasteiger charge is -2.09. The second-order valence-electron chi connectivity index (χ2n) is 7.10. The van der Waals surface area contributed by atoms with E-state index in [0.29, 0.717) is 0 Å². The minimum Gasteiger partial charge on any atom is -0.342 e. The molecule has 4 heteroatoms. The maximum absolute atomic E-state index is 4.44. The van der Waals surface area contributed by atoms with Crippen LogP contribution in [0.3, 0.4) is 0 Å². The zero-order valence-corrected chi connectivity index (χ0v) is 17.2. The Balaban J connectivity index is 0.00000218. The van der Waals surface area contributed by atoms with Gasteiger partial charge in [-0.1, -0.05) is 78.9 Å². The standard InChI is InChI=1S/C26H21N3.ClH/c1-2-12-23(13-3-1)28-27-17-22-19-29(26-16-7-6-15-25(22)26)18-21-11-8-10-20-9-4-5-14-24(20)21;/h1-17,19,28H,18H2;1H. The highest BCUT2D eigenvalue weighted by atomic mass is 35.5. The second-order valence-corrected chi connectivity index (χ2v) is 7.10. The van der Waals surface area contributed by atoms with Gasteiger partial charge in [0.05, 0.1) is 11.9 Å². The molecule has 0 bridgehead atoms. The van der Waals surface area contributed by atoms with E-state index in [0.717, 1.165) is 17.8 Å². The van der Waals surface area contributed by atoms with E-state index in [1.165, 1.54) is 27.2 Å². The molecule has 1 heterocycles. The first-order valence-corrected chi connectivity index (χ1v) is 9.77. The fourth-order valence-corrected chi connectivity index (χ4v) is 3.81. The molecule has 4 aromatic carbocycles. The van der Waals surface area contributed by atoms with Crippen LogP contribution in [0.1, 0.15) is 11.1 Å². The van der Waals surface area contributed by atoms with Crippen LogP contribution in [0.25, 0.3) is 21.7 Å². The van der Waals surface area contributed by atoms with Gasteiger partial charge in [0, 0.05) is 29.2 Å². The van der Waals surface area contributed by atoms with E-state index in [-0.39, 0.29) is 12.4 Å². The molecule has 148 valence electrons. The molecule has 1 N–H and O–H groups in total. The number of hydrogen-bond donors (Lipinski definition) is 1. The van der Waals surface area contributed by atoms with Crippen molar-refractivity contribution in [1.82, 2.24) is 4.57 Å². The Labute approximate surface area is 182 Å². The molecule has 0 spiro atoms. The van der Waals surface area contributed by atoms with E-state index in [2.05, 4.69) is 88.0 Å². The number of hydrogen-bond acceptors (Lipinski definition) is 2. The van der Waals surface area contributed by atoms with Gasteiger partial charge in [0.1, 0.15) is 0 Å². The summed E-state index contributed by atoms with van der Waals surface area (Å²) in [5, 5.41) is 8.22. The number of anilines is 1. The molecule has 1 aromatic heterocycles. The van der Waals surface area contributed by atoms with Gasteiger partial charge >= 0.3 is 0 Å². The van der Waals surface area contributed by atoms with Crippen molar-refractivity contribution in [3.63, 3.8) is 0 Å².